The van der Waals surface area contributed by atoms with Crippen LogP contribution in [0.3, 0.4) is 0 Å². The average molecular weight is 334 g/mol. The first-order valence-electron chi connectivity index (χ1n) is 8.09. The van der Waals surface area contributed by atoms with Gasteiger partial charge in [0, 0.05) is 24.4 Å². The lowest BCUT2D eigenvalue weighted by atomic mass is 9.86. The molecule has 3 rings (SSSR count). The summed E-state index contributed by atoms with van der Waals surface area (Å²) in [6.07, 6.45) is 4.82. The number of amides is 1. The van der Waals surface area contributed by atoms with E-state index in [1.807, 2.05) is 13.0 Å². The fourth-order valence-electron chi connectivity index (χ4n) is 3.07. The fraction of sp³-hybridized carbons (Fsp3) is 0.471. The highest BCUT2D eigenvalue weighted by Crippen LogP contribution is 2.29. The van der Waals surface area contributed by atoms with Crippen molar-refractivity contribution < 1.29 is 13.6 Å². The van der Waals surface area contributed by atoms with Crippen LogP contribution in [0.15, 0.2) is 30.9 Å². The maximum Gasteiger partial charge on any atom is 0.270 e. The molecule has 128 valence electrons. The number of pyridine rings is 1. The Morgan fingerprint density at radius 1 is 1.29 bits per heavy atom. The summed E-state index contributed by atoms with van der Waals surface area (Å²) in [7, 11) is 0. The number of imidazole rings is 1. The number of aromatic nitrogens is 3. The van der Waals surface area contributed by atoms with Crippen LogP contribution < -0.4 is 5.32 Å². The molecule has 2 aromatic heterocycles. The van der Waals surface area contributed by atoms with E-state index in [2.05, 4.69) is 15.3 Å². The summed E-state index contributed by atoms with van der Waals surface area (Å²) in [6.45, 7) is 1.90. The lowest BCUT2D eigenvalue weighted by Gasteiger charge is -2.28. The number of carbonyl (C=O) groups is 1. The van der Waals surface area contributed by atoms with Gasteiger partial charge in [0.2, 0.25) is 6.43 Å². The predicted octanol–water partition coefficient (Wildman–Crippen LogP) is 3.13. The van der Waals surface area contributed by atoms with E-state index in [1.54, 1.807) is 29.4 Å². The van der Waals surface area contributed by atoms with Crippen molar-refractivity contribution in [2.75, 3.05) is 0 Å². The van der Waals surface area contributed by atoms with Crippen LogP contribution in [0.1, 0.15) is 41.7 Å². The van der Waals surface area contributed by atoms with Crippen LogP contribution in [0.5, 0.6) is 0 Å². The molecule has 1 saturated carbocycles. The number of aryl methyl sites for hydroxylation is 1. The molecular weight excluding hydrogens is 314 g/mol. The van der Waals surface area contributed by atoms with Crippen molar-refractivity contribution in [3.05, 3.63) is 42.1 Å². The molecule has 0 radical (unpaired) electrons. The van der Waals surface area contributed by atoms with Gasteiger partial charge in [-0.1, -0.05) is 0 Å². The minimum Gasteiger partial charge on any atom is -0.348 e. The SMILES string of the molecule is Cc1cc(C(=O)N[C@H]2CC[C@H](C(F)F)CC2)nc(-n2ccnc2)c1. The largest absolute Gasteiger partial charge is 0.348 e. The van der Waals surface area contributed by atoms with Crippen LogP contribution in [0.25, 0.3) is 5.82 Å². The second-order valence-corrected chi connectivity index (χ2v) is 6.28. The third kappa shape index (κ3) is 3.77. The highest BCUT2D eigenvalue weighted by Gasteiger charge is 2.28. The third-order valence-electron chi connectivity index (χ3n) is 4.42. The zero-order valence-electron chi connectivity index (χ0n) is 13.5. The third-order valence-corrected chi connectivity index (χ3v) is 4.42. The lowest BCUT2D eigenvalue weighted by Crippen LogP contribution is -2.39. The molecule has 5 nitrogen and oxygen atoms in total. The van der Waals surface area contributed by atoms with Crippen molar-refractivity contribution in [1.82, 2.24) is 19.9 Å². The number of hydrogen-bond acceptors (Lipinski definition) is 3. The van der Waals surface area contributed by atoms with Gasteiger partial charge in [-0.3, -0.25) is 9.36 Å². The summed E-state index contributed by atoms with van der Waals surface area (Å²) in [5.41, 5.74) is 1.25. The van der Waals surface area contributed by atoms with Gasteiger partial charge in [0.15, 0.2) is 0 Å². The van der Waals surface area contributed by atoms with E-state index in [-0.39, 0.29) is 11.9 Å². The molecule has 1 aliphatic rings. The summed E-state index contributed by atoms with van der Waals surface area (Å²) in [6, 6.07) is 3.53. The zero-order chi connectivity index (χ0) is 17.1. The van der Waals surface area contributed by atoms with Crippen molar-refractivity contribution in [2.45, 2.75) is 45.1 Å². The summed E-state index contributed by atoms with van der Waals surface area (Å²) < 4.78 is 27.1. The first kappa shape index (κ1) is 16.5. The van der Waals surface area contributed by atoms with Crippen LogP contribution in [0, 0.1) is 12.8 Å². The first-order valence-corrected chi connectivity index (χ1v) is 8.09. The molecule has 1 N–H and O–H groups in total. The van der Waals surface area contributed by atoms with E-state index in [4.69, 9.17) is 0 Å². The van der Waals surface area contributed by atoms with E-state index >= 15 is 0 Å². The smallest absolute Gasteiger partial charge is 0.270 e. The van der Waals surface area contributed by atoms with E-state index in [0.717, 1.165) is 5.56 Å². The minimum atomic E-state index is -2.27. The number of nitrogens with one attached hydrogen (secondary N) is 1. The maximum absolute atomic E-state index is 12.7. The molecule has 2 aromatic rings. The molecule has 1 fully saturated rings. The Labute approximate surface area is 139 Å². The summed E-state index contributed by atoms with van der Waals surface area (Å²) in [4.78, 5) is 20.8. The van der Waals surface area contributed by atoms with Gasteiger partial charge in [-0.2, -0.15) is 0 Å². The molecule has 0 unspecified atom stereocenters. The van der Waals surface area contributed by atoms with Gasteiger partial charge in [0.05, 0.1) is 0 Å². The monoisotopic (exact) mass is 334 g/mol. The minimum absolute atomic E-state index is 0.0634. The summed E-state index contributed by atoms with van der Waals surface area (Å²) >= 11 is 0. The van der Waals surface area contributed by atoms with Gasteiger partial charge in [-0.05, 0) is 50.3 Å². The Morgan fingerprint density at radius 3 is 2.67 bits per heavy atom. The Bertz CT molecular complexity index is 695. The molecule has 2 heterocycles. The van der Waals surface area contributed by atoms with Crippen LogP contribution >= 0.6 is 0 Å². The van der Waals surface area contributed by atoms with E-state index in [0.29, 0.717) is 37.2 Å². The van der Waals surface area contributed by atoms with Gasteiger partial charge < -0.3 is 5.32 Å². The van der Waals surface area contributed by atoms with Crippen LogP contribution in [0.4, 0.5) is 8.78 Å². The molecule has 0 saturated heterocycles. The van der Waals surface area contributed by atoms with Gasteiger partial charge in [-0.25, -0.2) is 18.7 Å². The molecule has 24 heavy (non-hydrogen) atoms. The Hall–Kier alpha value is -2.31. The number of carbonyl (C=O) groups excluding carboxylic acids is 1. The standard InChI is InChI=1S/C17H20F2N4O/c1-11-8-14(22-15(9-11)23-7-6-20-10-23)17(24)21-13-4-2-12(3-5-13)16(18)19/h6-10,12-13,16H,2-5H2,1H3,(H,21,24)/t12-,13-. The normalized spacial score (nSPS) is 21.0. The number of halogens is 2. The summed E-state index contributed by atoms with van der Waals surface area (Å²) in [5, 5.41) is 2.92. The van der Waals surface area contributed by atoms with Crippen molar-refractivity contribution in [2.24, 2.45) is 5.92 Å². The van der Waals surface area contributed by atoms with Crippen molar-refractivity contribution >= 4 is 5.91 Å². The topological polar surface area (TPSA) is 59.8 Å². The van der Waals surface area contributed by atoms with E-state index in [9.17, 15) is 13.6 Å². The van der Waals surface area contributed by atoms with Crippen LogP contribution in [0.2, 0.25) is 0 Å². The molecule has 0 aliphatic heterocycles. The Balaban J connectivity index is 1.67. The second kappa shape index (κ2) is 7.07. The first-order chi connectivity index (χ1) is 11.5. The predicted molar refractivity (Wildman–Crippen MR) is 85.3 cm³/mol. The second-order valence-electron chi connectivity index (χ2n) is 6.28. The fourth-order valence-corrected chi connectivity index (χ4v) is 3.07. The van der Waals surface area contributed by atoms with E-state index < -0.39 is 12.3 Å². The number of alkyl halides is 2. The Kier molecular flexibility index (Phi) is 4.87. The molecule has 7 heteroatoms. The van der Waals surface area contributed by atoms with Gasteiger partial charge in [0.1, 0.15) is 17.8 Å². The highest BCUT2D eigenvalue weighted by molar-refractivity contribution is 5.92. The highest BCUT2D eigenvalue weighted by atomic mass is 19.3. The molecule has 0 atom stereocenters. The number of hydrogen-bond donors (Lipinski definition) is 1. The Morgan fingerprint density at radius 2 is 2.04 bits per heavy atom. The molecule has 0 spiro atoms. The molecular formula is C17H20F2N4O. The van der Waals surface area contributed by atoms with Crippen molar-refractivity contribution in [3.8, 4) is 5.82 Å². The number of nitrogens with zero attached hydrogens (tertiary/aromatic N) is 3. The quantitative estimate of drug-likeness (QED) is 0.934. The lowest BCUT2D eigenvalue weighted by molar-refractivity contribution is 0.0499. The summed E-state index contributed by atoms with van der Waals surface area (Å²) in [5.74, 6) is -0.178. The zero-order valence-corrected chi connectivity index (χ0v) is 13.5. The molecule has 1 aliphatic carbocycles. The van der Waals surface area contributed by atoms with Gasteiger partial charge >= 0.3 is 0 Å². The van der Waals surface area contributed by atoms with Gasteiger partial charge in [-0.15, -0.1) is 0 Å². The van der Waals surface area contributed by atoms with Crippen LogP contribution in [-0.2, 0) is 0 Å². The number of rotatable bonds is 4. The van der Waals surface area contributed by atoms with Crippen molar-refractivity contribution in [3.63, 3.8) is 0 Å². The molecule has 0 aromatic carbocycles. The maximum atomic E-state index is 12.7. The van der Waals surface area contributed by atoms with Crippen LogP contribution in [-0.4, -0.2) is 32.9 Å². The van der Waals surface area contributed by atoms with E-state index in [1.165, 1.54) is 0 Å². The molecule has 0 bridgehead atoms. The average Bonchev–Trinajstić information content (AvgIpc) is 3.09. The van der Waals surface area contributed by atoms with Gasteiger partial charge in [0.25, 0.3) is 5.91 Å². The van der Waals surface area contributed by atoms with Crippen molar-refractivity contribution in [1.29, 1.82) is 0 Å². The molecule has 1 amide bonds.